The SMILES string of the molecule is Nc1ccccc1C(=O)Nc1ccc2c(c1)=NC(=O)C=2. The summed E-state index contributed by atoms with van der Waals surface area (Å²) in [6, 6.07) is 12.0. The highest BCUT2D eigenvalue weighted by Gasteiger charge is 2.10. The van der Waals surface area contributed by atoms with E-state index in [4.69, 9.17) is 5.73 Å². The molecule has 0 fully saturated rings. The molecule has 0 aliphatic carbocycles. The van der Waals surface area contributed by atoms with Crippen LogP contribution in [0.2, 0.25) is 0 Å². The highest BCUT2D eigenvalue weighted by molar-refractivity contribution is 6.08. The second kappa shape index (κ2) is 4.62. The third-order valence-electron chi connectivity index (χ3n) is 3.00. The van der Waals surface area contributed by atoms with Crippen molar-refractivity contribution in [3.63, 3.8) is 0 Å². The fourth-order valence-corrected chi connectivity index (χ4v) is 2.03. The second-order valence-corrected chi connectivity index (χ2v) is 4.41. The minimum atomic E-state index is -0.295. The molecule has 1 heterocycles. The average molecular weight is 265 g/mol. The van der Waals surface area contributed by atoms with Crippen LogP contribution in [0.4, 0.5) is 11.4 Å². The second-order valence-electron chi connectivity index (χ2n) is 4.41. The predicted octanol–water partition coefficient (Wildman–Crippen LogP) is 0.461. The Hall–Kier alpha value is -2.95. The predicted molar refractivity (Wildman–Crippen MR) is 75.5 cm³/mol. The van der Waals surface area contributed by atoms with E-state index in [1.807, 2.05) is 0 Å². The highest BCUT2D eigenvalue weighted by Crippen LogP contribution is 2.13. The molecule has 2 amide bonds. The van der Waals surface area contributed by atoms with Crippen molar-refractivity contribution >= 4 is 29.3 Å². The molecular weight excluding hydrogens is 254 g/mol. The van der Waals surface area contributed by atoms with Crippen LogP contribution in [0, 0.1) is 0 Å². The largest absolute Gasteiger partial charge is 0.398 e. The van der Waals surface area contributed by atoms with E-state index in [0.29, 0.717) is 22.3 Å². The molecule has 3 rings (SSSR count). The van der Waals surface area contributed by atoms with E-state index in [1.165, 1.54) is 6.08 Å². The number of rotatable bonds is 2. The number of anilines is 2. The van der Waals surface area contributed by atoms with E-state index in [-0.39, 0.29) is 11.8 Å². The number of carbonyl (C=O) groups excluding carboxylic acids is 2. The smallest absolute Gasteiger partial charge is 0.270 e. The fraction of sp³-hybridized carbons (Fsp3) is 0. The van der Waals surface area contributed by atoms with Gasteiger partial charge in [0, 0.05) is 22.7 Å². The standard InChI is InChI=1S/C15H11N3O2/c16-12-4-2-1-3-11(12)15(20)17-10-6-5-9-7-14(19)18-13(9)8-10/h1-8H,16H2,(H,17,20). The van der Waals surface area contributed by atoms with Crippen LogP contribution in [-0.4, -0.2) is 11.8 Å². The maximum Gasteiger partial charge on any atom is 0.270 e. The van der Waals surface area contributed by atoms with Gasteiger partial charge in [-0.3, -0.25) is 9.59 Å². The van der Waals surface area contributed by atoms with Gasteiger partial charge in [-0.1, -0.05) is 18.2 Å². The molecule has 0 atom stereocenters. The lowest BCUT2D eigenvalue weighted by atomic mass is 10.1. The van der Waals surface area contributed by atoms with E-state index >= 15 is 0 Å². The first-order chi connectivity index (χ1) is 9.63. The minimum absolute atomic E-state index is 0.282. The van der Waals surface area contributed by atoms with Gasteiger partial charge in [-0.25, -0.2) is 4.99 Å². The molecule has 0 bridgehead atoms. The lowest BCUT2D eigenvalue weighted by molar-refractivity contribution is -0.112. The van der Waals surface area contributed by atoms with Gasteiger partial charge in [0.2, 0.25) is 0 Å². The molecule has 0 unspecified atom stereocenters. The number of nitrogens with two attached hydrogens (primary N) is 1. The lowest BCUT2D eigenvalue weighted by Gasteiger charge is -2.06. The van der Waals surface area contributed by atoms with E-state index in [9.17, 15) is 9.59 Å². The first-order valence-electron chi connectivity index (χ1n) is 6.04. The first-order valence-corrected chi connectivity index (χ1v) is 6.04. The summed E-state index contributed by atoms with van der Waals surface area (Å²) in [6.45, 7) is 0. The number of amides is 2. The van der Waals surface area contributed by atoms with Crippen LogP contribution in [0.5, 0.6) is 0 Å². The Balaban J connectivity index is 1.91. The summed E-state index contributed by atoms with van der Waals surface area (Å²) in [6.07, 6.45) is 1.45. The molecule has 0 saturated carbocycles. The molecule has 2 aromatic rings. The van der Waals surface area contributed by atoms with Gasteiger partial charge < -0.3 is 11.1 Å². The van der Waals surface area contributed by atoms with Gasteiger partial charge in [-0.2, -0.15) is 0 Å². The zero-order valence-electron chi connectivity index (χ0n) is 10.5. The van der Waals surface area contributed by atoms with Gasteiger partial charge in [0.15, 0.2) is 0 Å². The van der Waals surface area contributed by atoms with Crippen LogP contribution in [0.1, 0.15) is 10.4 Å². The van der Waals surface area contributed by atoms with Crippen LogP contribution in [0.25, 0.3) is 6.08 Å². The van der Waals surface area contributed by atoms with Crippen LogP contribution in [0.15, 0.2) is 47.5 Å². The molecule has 3 N–H and O–H groups in total. The first kappa shape index (κ1) is 12.1. The van der Waals surface area contributed by atoms with Crippen molar-refractivity contribution < 1.29 is 9.59 Å². The Morgan fingerprint density at radius 2 is 1.95 bits per heavy atom. The van der Waals surface area contributed by atoms with Crippen molar-refractivity contribution in [2.45, 2.75) is 0 Å². The van der Waals surface area contributed by atoms with Crippen LogP contribution in [0.3, 0.4) is 0 Å². The molecule has 5 nitrogen and oxygen atoms in total. The molecule has 20 heavy (non-hydrogen) atoms. The Morgan fingerprint density at radius 1 is 1.15 bits per heavy atom. The summed E-state index contributed by atoms with van der Waals surface area (Å²) in [5.74, 6) is -0.577. The normalized spacial score (nSPS) is 12.3. The average Bonchev–Trinajstić information content (AvgIpc) is 2.78. The summed E-state index contributed by atoms with van der Waals surface area (Å²) < 4.78 is 0. The number of nitrogens with zero attached hydrogens (tertiary/aromatic N) is 1. The molecule has 98 valence electrons. The number of hydrogen-bond acceptors (Lipinski definition) is 3. The van der Waals surface area contributed by atoms with Crippen LogP contribution in [-0.2, 0) is 4.79 Å². The summed E-state index contributed by atoms with van der Waals surface area (Å²) in [4.78, 5) is 27.1. The van der Waals surface area contributed by atoms with E-state index in [2.05, 4.69) is 10.3 Å². The van der Waals surface area contributed by atoms with Crippen molar-refractivity contribution in [3.8, 4) is 0 Å². The molecular formula is C15H11N3O2. The molecule has 0 saturated heterocycles. The van der Waals surface area contributed by atoms with Gasteiger partial charge in [-0.05, 0) is 24.3 Å². The number of para-hydroxylation sites is 1. The number of hydrogen-bond donors (Lipinski definition) is 2. The number of benzene rings is 2. The monoisotopic (exact) mass is 265 g/mol. The molecule has 2 aromatic carbocycles. The molecule has 1 aliphatic heterocycles. The van der Waals surface area contributed by atoms with Gasteiger partial charge in [0.1, 0.15) is 0 Å². The summed E-state index contributed by atoms with van der Waals surface area (Å²) >= 11 is 0. The minimum Gasteiger partial charge on any atom is -0.398 e. The number of nitrogen functional groups attached to an aromatic ring is 1. The zero-order chi connectivity index (χ0) is 14.1. The third-order valence-corrected chi connectivity index (χ3v) is 3.00. The van der Waals surface area contributed by atoms with Crippen molar-refractivity contribution in [1.29, 1.82) is 0 Å². The van der Waals surface area contributed by atoms with Gasteiger partial charge >= 0.3 is 0 Å². The summed E-state index contributed by atoms with van der Waals surface area (Å²) in [5.41, 5.74) is 7.15. The molecule has 1 aliphatic rings. The summed E-state index contributed by atoms with van der Waals surface area (Å²) in [5, 5.41) is 4.06. The Morgan fingerprint density at radius 3 is 2.75 bits per heavy atom. The fourth-order valence-electron chi connectivity index (χ4n) is 2.03. The Kier molecular flexibility index (Phi) is 2.80. The molecule has 0 radical (unpaired) electrons. The molecule has 5 heteroatoms. The number of fused-ring (bicyclic) bond motifs is 1. The third kappa shape index (κ3) is 2.16. The van der Waals surface area contributed by atoms with Crippen molar-refractivity contribution in [2.75, 3.05) is 11.1 Å². The number of nitrogens with one attached hydrogen (secondary N) is 1. The maximum atomic E-state index is 12.1. The Bertz CT molecular complexity index is 840. The van der Waals surface area contributed by atoms with Gasteiger partial charge in [-0.15, -0.1) is 0 Å². The van der Waals surface area contributed by atoms with Crippen molar-refractivity contribution in [2.24, 2.45) is 4.99 Å². The summed E-state index contributed by atoms with van der Waals surface area (Å²) in [7, 11) is 0. The van der Waals surface area contributed by atoms with Crippen LogP contribution < -0.4 is 21.6 Å². The van der Waals surface area contributed by atoms with E-state index in [1.54, 1.807) is 42.5 Å². The van der Waals surface area contributed by atoms with Crippen molar-refractivity contribution in [3.05, 3.63) is 58.6 Å². The van der Waals surface area contributed by atoms with E-state index < -0.39 is 0 Å². The topological polar surface area (TPSA) is 84.6 Å². The quantitative estimate of drug-likeness (QED) is 0.774. The molecule has 0 aromatic heterocycles. The molecule has 0 spiro atoms. The van der Waals surface area contributed by atoms with Gasteiger partial charge in [0.25, 0.3) is 11.8 Å². The zero-order valence-corrected chi connectivity index (χ0v) is 10.5. The van der Waals surface area contributed by atoms with Crippen molar-refractivity contribution in [1.82, 2.24) is 0 Å². The van der Waals surface area contributed by atoms with Crippen LogP contribution >= 0.6 is 0 Å². The maximum absolute atomic E-state index is 12.1. The van der Waals surface area contributed by atoms with Gasteiger partial charge in [0.05, 0.1) is 10.9 Å². The number of carbonyl (C=O) groups is 2. The lowest BCUT2D eigenvalue weighted by Crippen LogP contribution is -2.23. The highest BCUT2D eigenvalue weighted by atomic mass is 16.2. The Labute approximate surface area is 114 Å². The van der Waals surface area contributed by atoms with E-state index in [0.717, 1.165) is 5.22 Å².